The predicted molar refractivity (Wildman–Crippen MR) is 88.0 cm³/mol. The molecule has 4 saturated carbocycles. The van der Waals surface area contributed by atoms with Crippen molar-refractivity contribution in [1.82, 2.24) is 0 Å². The summed E-state index contributed by atoms with van der Waals surface area (Å²) in [5, 5.41) is 3.78. The van der Waals surface area contributed by atoms with Crippen molar-refractivity contribution in [2.24, 2.45) is 23.2 Å². The van der Waals surface area contributed by atoms with Gasteiger partial charge in [-0.3, -0.25) is 0 Å². The molecule has 0 aliphatic heterocycles. The van der Waals surface area contributed by atoms with Crippen LogP contribution < -0.4 is 5.32 Å². The molecule has 0 heterocycles. The van der Waals surface area contributed by atoms with Gasteiger partial charge in [-0.15, -0.1) is 0 Å². The maximum atomic E-state index is 3.78. The fraction of sp³-hybridized carbons (Fsp3) is 0.667. The van der Waals surface area contributed by atoms with Gasteiger partial charge in [0.05, 0.1) is 0 Å². The normalized spacial score (nSPS) is 38.2. The summed E-state index contributed by atoms with van der Waals surface area (Å²) in [4.78, 5) is 0. The summed E-state index contributed by atoms with van der Waals surface area (Å²) >= 11 is 3.55. The van der Waals surface area contributed by atoms with Crippen molar-refractivity contribution in [3.8, 4) is 0 Å². The Balaban J connectivity index is 1.49. The average molecular weight is 334 g/mol. The van der Waals surface area contributed by atoms with E-state index in [0.717, 1.165) is 17.8 Å². The second-order valence-electron chi connectivity index (χ2n) is 7.73. The Morgan fingerprint density at radius 2 is 1.70 bits per heavy atom. The number of hydrogen-bond donors (Lipinski definition) is 1. The van der Waals surface area contributed by atoms with Gasteiger partial charge in [-0.25, -0.2) is 0 Å². The van der Waals surface area contributed by atoms with E-state index in [1.54, 1.807) is 0 Å². The lowest BCUT2D eigenvalue weighted by molar-refractivity contribution is -0.0444. The topological polar surface area (TPSA) is 12.0 Å². The van der Waals surface area contributed by atoms with Gasteiger partial charge in [0.25, 0.3) is 0 Å². The number of halogens is 1. The van der Waals surface area contributed by atoms with Crippen molar-refractivity contribution in [3.05, 3.63) is 28.2 Å². The summed E-state index contributed by atoms with van der Waals surface area (Å²) in [5.41, 5.74) is 3.29. The van der Waals surface area contributed by atoms with Gasteiger partial charge in [-0.1, -0.05) is 15.9 Å². The molecule has 1 N–H and O–H groups in total. The number of benzene rings is 1. The van der Waals surface area contributed by atoms with E-state index >= 15 is 0 Å². The molecule has 4 fully saturated rings. The van der Waals surface area contributed by atoms with Crippen molar-refractivity contribution in [2.75, 3.05) is 11.9 Å². The van der Waals surface area contributed by atoms with Crippen molar-refractivity contribution >= 4 is 21.6 Å². The standard InChI is InChI=1S/C18H24BrN/c1-12-4-16(19)2-3-17(12)20-11-18-8-13-5-14(9-18)7-15(6-13)10-18/h2-4,13-15,20H,5-11H2,1H3. The third-order valence-corrected chi connectivity index (χ3v) is 6.50. The molecule has 20 heavy (non-hydrogen) atoms. The molecular weight excluding hydrogens is 310 g/mol. The van der Waals surface area contributed by atoms with Gasteiger partial charge in [0, 0.05) is 16.7 Å². The zero-order valence-electron chi connectivity index (χ0n) is 12.3. The Hall–Kier alpha value is -0.500. The first-order valence-corrected chi connectivity index (χ1v) is 8.91. The lowest BCUT2D eigenvalue weighted by Crippen LogP contribution is -2.49. The molecule has 0 saturated heterocycles. The maximum Gasteiger partial charge on any atom is 0.0370 e. The average Bonchev–Trinajstić information content (AvgIpc) is 2.36. The van der Waals surface area contributed by atoms with Crippen molar-refractivity contribution in [1.29, 1.82) is 0 Å². The van der Waals surface area contributed by atoms with Gasteiger partial charge in [0.15, 0.2) is 0 Å². The highest BCUT2D eigenvalue weighted by Gasteiger charge is 2.50. The second-order valence-corrected chi connectivity index (χ2v) is 8.65. The van der Waals surface area contributed by atoms with E-state index in [1.807, 2.05) is 0 Å². The molecule has 0 spiro atoms. The Morgan fingerprint density at radius 1 is 1.10 bits per heavy atom. The highest BCUT2D eigenvalue weighted by molar-refractivity contribution is 9.10. The molecule has 1 aromatic rings. The second kappa shape index (κ2) is 4.76. The predicted octanol–water partition coefficient (Wildman–Crippen LogP) is 5.39. The van der Waals surface area contributed by atoms with Crippen molar-refractivity contribution in [3.63, 3.8) is 0 Å². The number of anilines is 1. The third kappa shape index (κ3) is 2.30. The van der Waals surface area contributed by atoms with E-state index in [1.165, 1.54) is 60.8 Å². The summed E-state index contributed by atoms with van der Waals surface area (Å²) < 4.78 is 1.18. The molecule has 0 amide bonds. The summed E-state index contributed by atoms with van der Waals surface area (Å²) in [6, 6.07) is 6.58. The molecule has 1 nitrogen and oxygen atoms in total. The van der Waals surface area contributed by atoms with Gasteiger partial charge in [-0.05, 0) is 92.4 Å². The highest BCUT2D eigenvalue weighted by atomic mass is 79.9. The number of rotatable bonds is 3. The van der Waals surface area contributed by atoms with E-state index in [-0.39, 0.29) is 0 Å². The van der Waals surface area contributed by atoms with E-state index in [9.17, 15) is 0 Å². The van der Waals surface area contributed by atoms with Crippen LogP contribution in [0.5, 0.6) is 0 Å². The molecule has 2 heteroatoms. The Kier molecular flexibility index (Phi) is 3.14. The lowest BCUT2D eigenvalue weighted by atomic mass is 9.49. The van der Waals surface area contributed by atoms with Gasteiger partial charge >= 0.3 is 0 Å². The molecule has 0 atom stereocenters. The van der Waals surface area contributed by atoms with E-state index in [2.05, 4.69) is 46.4 Å². The molecule has 4 aliphatic rings. The van der Waals surface area contributed by atoms with Crippen LogP contribution in [-0.4, -0.2) is 6.54 Å². The fourth-order valence-corrected chi connectivity index (χ4v) is 6.09. The Bertz CT molecular complexity index is 487. The van der Waals surface area contributed by atoms with Crippen LogP contribution in [0.2, 0.25) is 0 Å². The molecular formula is C18H24BrN. The molecule has 0 unspecified atom stereocenters. The van der Waals surface area contributed by atoms with Crippen LogP contribution in [-0.2, 0) is 0 Å². The first-order valence-electron chi connectivity index (χ1n) is 8.12. The molecule has 5 rings (SSSR count). The first-order chi connectivity index (χ1) is 9.62. The Labute approximate surface area is 130 Å². The summed E-state index contributed by atoms with van der Waals surface area (Å²) in [7, 11) is 0. The van der Waals surface area contributed by atoms with Gasteiger partial charge in [0.1, 0.15) is 0 Å². The van der Waals surface area contributed by atoms with E-state index < -0.39 is 0 Å². The monoisotopic (exact) mass is 333 g/mol. The molecule has 4 aliphatic carbocycles. The SMILES string of the molecule is Cc1cc(Br)ccc1NCC12CC3CC(CC(C3)C1)C2. The summed E-state index contributed by atoms with van der Waals surface area (Å²) in [6.45, 7) is 3.39. The number of aryl methyl sites for hydroxylation is 1. The molecule has 1 aromatic carbocycles. The van der Waals surface area contributed by atoms with Crippen LogP contribution in [0.25, 0.3) is 0 Å². The van der Waals surface area contributed by atoms with Crippen LogP contribution >= 0.6 is 15.9 Å². The van der Waals surface area contributed by atoms with Gasteiger partial charge in [0.2, 0.25) is 0 Å². The first kappa shape index (κ1) is 13.2. The van der Waals surface area contributed by atoms with Crippen molar-refractivity contribution in [2.45, 2.75) is 45.4 Å². The van der Waals surface area contributed by atoms with Crippen LogP contribution in [0.3, 0.4) is 0 Å². The minimum absolute atomic E-state index is 0.619. The Morgan fingerprint density at radius 3 is 2.25 bits per heavy atom. The van der Waals surface area contributed by atoms with E-state index in [4.69, 9.17) is 0 Å². The largest absolute Gasteiger partial charge is 0.384 e. The quantitative estimate of drug-likeness (QED) is 0.782. The fourth-order valence-electron chi connectivity index (χ4n) is 5.61. The smallest absolute Gasteiger partial charge is 0.0370 e. The number of nitrogens with one attached hydrogen (secondary N) is 1. The van der Waals surface area contributed by atoms with Crippen LogP contribution in [0.15, 0.2) is 22.7 Å². The zero-order valence-corrected chi connectivity index (χ0v) is 13.9. The maximum absolute atomic E-state index is 3.78. The van der Waals surface area contributed by atoms with Gasteiger partial charge < -0.3 is 5.32 Å². The van der Waals surface area contributed by atoms with Gasteiger partial charge in [-0.2, -0.15) is 0 Å². The summed E-state index contributed by atoms with van der Waals surface area (Å²) in [5.74, 6) is 3.15. The van der Waals surface area contributed by atoms with Crippen LogP contribution in [0, 0.1) is 30.1 Å². The van der Waals surface area contributed by atoms with Crippen molar-refractivity contribution < 1.29 is 0 Å². The molecule has 108 valence electrons. The minimum atomic E-state index is 0.619. The lowest BCUT2D eigenvalue weighted by Gasteiger charge is -2.57. The van der Waals surface area contributed by atoms with E-state index in [0.29, 0.717) is 5.41 Å². The highest BCUT2D eigenvalue weighted by Crippen LogP contribution is 2.59. The third-order valence-electron chi connectivity index (χ3n) is 6.01. The molecule has 4 bridgehead atoms. The van der Waals surface area contributed by atoms with Crippen LogP contribution in [0.4, 0.5) is 5.69 Å². The molecule has 0 radical (unpaired) electrons. The molecule has 0 aromatic heterocycles. The zero-order chi connectivity index (χ0) is 13.7. The number of hydrogen-bond acceptors (Lipinski definition) is 1. The minimum Gasteiger partial charge on any atom is -0.384 e. The summed E-state index contributed by atoms with van der Waals surface area (Å²) in [6.07, 6.45) is 9.08. The van der Waals surface area contributed by atoms with Crippen LogP contribution in [0.1, 0.15) is 44.1 Å².